The van der Waals surface area contributed by atoms with Crippen molar-refractivity contribution >= 4 is 17.5 Å². The molecule has 0 saturated carbocycles. The molecule has 0 fully saturated rings. The van der Waals surface area contributed by atoms with Crippen molar-refractivity contribution in [1.29, 1.82) is 0 Å². The summed E-state index contributed by atoms with van der Waals surface area (Å²) in [6.45, 7) is 1.70. The maximum Gasteiger partial charge on any atom is 0.352 e. The van der Waals surface area contributed by atoms with Gasteiger partial charge in [-0.2, -0.15) is 0 Å². The second kappa shape index (κ2) is 4.25. The van der Waals surface area contributed by atoms with E-state index in [0.29, 0.717) is 11.3 Å². The Hall–Kier alpha value is -2.37. The normalized spacial score (nSPS) is 10.4. The average molecular weight is 233 g/mol. The van der Waals surface area contributed by atoms with Gasteiger partial charge in [-0.3, -0.25) is 9.20 Å². The van der Waals surface area contributed by atoms with Crippen LogP contribution in [0, 0.1) is 0 Å². The van der Waals surface area contributed by atoms with Crippen molar-refractivity contribution in [3.63, 3.8) is 0 Å². The summed E-state index contributed by atoms with van der Waals surface area (Å²) in [7, 11) is 0. The Labute approximate surface area is 96.9 Å². The number of pyridine rings is 1. The first-order valence-electron chi connectivity index (χ1n) is 5.02. The third-order valence-corrected chi connectivity index (χ3v) is 2.28. The topological polar surface area (TPSA) is 83.7 Å². The highest BCUT2D eigenvalue weighted by molar-refractivity contribution is 5.86. The predicted molar refractivity (Wildman–Crippen MR) is 59.7 cm³/mol. The molecule has 0 saturated heterocycles. The van der Waals surface area contributed by atoms with Crippen molar-refractivity contribution in [3.05, 3.63) is 35.8 Å². The molecule has 2 heterocycles. The van der Waals surface area contributed by atoms with E-state index in [9.17, 15) is 9.59 Å². The molecule has 0 unspecified atom stereocenters. The molecular formula is C11H11N3O3. The van der Waals surface area contributed by atoms with Crippen LogP contribution in [0.1, 0.15) is 23.1 Å². The molecule has 17 heavy (non-hydrogen) atoms. The third kappa shape index (κ3) is 2.25. The largest absolute Gasteiger partial charge is 0.477 e. The highest BCUT2D eigenvalue weighted by Crippen LogP contribution is 2.09. The van der Waals surface area contributed by atoms with Crippen LogP contribution in [0.4, 0.5) is 0 Å². The van der Waals surface area contributed by atoms with Crippen molar-refractivity contribution in [2.45, 2.75) is 13.5 Å². The SMILES string of the molecule is CC(=O)NCc1cn2c(C(=O)O)cccc2n1. The van der Waals surface area contributed by atoms with Gasteiger partial charge in [0.2, 0.25) is 5.91 Å². The molecule has 1 amide bonds. The number of carbonyl (C=O) groups is 2. The van der Waals surface area contributed by atoms with E-state index >= 15 is 0 Å². The maximum absolute atomic E-state index is 11.0. The van der Waals surface area contributed by atoms with Gasteiger partial charge in [-0.05, 0) is 12.1 Å². The van der Waals surface area contributed by atoms with Crippen molar-refractivity contribution in [1.82, 2.24) is 14.7 Å². The van der Waals surface area contributed by atoms with Gasteiger partial charge in [0.25, 0.3) is 0 Å². The summed E-state index contributed by atoms with van der Waals surface area (Å²) >= 11 is 0. The van der Waals surface area contributed by atoms with Crippen molar-refractivity contribution in [3.8, 4) is 0 Å². The van der Waals surface area contributed by atoms with Gasteiger partial charge in [0.15, 0.2) is 0 Å². The van der Waals surface area contributed by atoms with Crippen LogP contribution in [0.15, 0.2) is 24.4 Å². The zero-order chi connectivity index (χ0) is 12.4. The molecule has 0 bridgehead atoms. The van der Waals surface area contributed by atoms with Gasteiger partial charge < -0.3 is 10.4 Å². The lowest BCUT2D eigenvalue weighted by molar-refractivity contribution is -0.119. The van der Waals surface area contributed by atoms with Gasteiger partial charge >= 0.3 is 5.97 Å². The number of nitrogens with one attached hydrogen (secondary N) is 1. The Morgan fingerprint density at radius 2 is 2.24 bits per heavy atom. The fraction of sp³-hybridized carbons (Fsp3) is 0.182. The molecule has 0 atom stereocenters. The molecule has 6 nitrogen and oxygen atoms in total. The molecule has 6 heteroatoms. The first kappa shape index (κ1) is 11.1. The van der Waals surface area contributed by atoms with E-state index < -0.39 is 5.97 Å². The molecule has 0 spiro atoms. The zero-order valence-electron chi connectivity index (χ0n) is 9.17. The summed E-state index contributed by atoms with van der Waals surface area (Å²) in [5.74, 6) is -1.17. The number of aromatic nitrogens is 2. The number of fused-ring (bicyclic) bond motifs is 1. The molecule has 2 rings (SSSR count). The molecule has 0 aromatic carbocycles. The second-order valence-electron chi connectivity index (χ2n) is 3.59. The van der Waals surface area contributed by atoms with Crippen LogP contribution < -0.4 is 5.32 Å². The van der Waals surface area contributed by atoms with Crippen LogP contribution in [-0.2, 0) is 11.3 Å². The summed E-state index contributed by atoms with van der Waals surface area (Å²) < 4.78 is 1.49. The molecule has 2 N–H and O–H groups in total. The van der Waals surface area contributed by atoms with Gasteiger partial charge in [-0.1, -0.05) is 6.07 Å². The van der Waals surface area contributed by atoms with Crippen molar-refractivity contribution < 1.29 is 14.7 Å². The number of carbonyl (C=O) groups excluding carboxylic acids is 1. The average Bonchev–Trinajstić information content (AvgIpc) is 2.68. The number of rotatable bonds is 3. The lowest BCUT2D eigenvalue weighted by Gasteiger charge is -1.98. The molecule has 0 aliphatic carbocycles. The number of hydrogen-bond acceptors (Lipinski definition) is 3. The highest BCUT2D eigenvalue weighted by atomic mass is 16.4. The number of carboxylic acids is 1. The third-order valence-electron chi connectivity index (χ3n) is 2.28. The number of imidazole rings is 1. The number of nitrogens with zero attached hydrogens (tertiary/aromatic N) is 2. The number of amides is 1. The number of hydrogen-bond donors (Lipinski definition) is 2. The first-order chi connectivity index (χ1) is 8.08. The number of aromatic carboxylic acids is 1. The van der Waals surface area contributed by atoms with E-state index in [1.807, 2.05) is 0 Å². The summed E-state index contributed by atoms with van der Waals surface area (Å²) in [4.78, 5) is 26.0. The van der Waals surface area contributed by atoms with E-state index in [0.717, 1.165) is 0 Å². The lowest BCUT2D eigenvalue weighted by atomic mass is 10.3. The molecule has 0 aliphatic rings. The van der Waals surface area contributed by atoms with E-state index in [2.05, 4.69) is 10.3 Å². The van der Waals surface area contributed by atoms with Crippen molar-refractivity contribution in [2.24, 2.45) is 0 Å². The second-order valence-corrected chi connectivity index (χ2v) is 3.59. The summed E-state index contributed by atoms with van der Waals surface area (Å²) in [6.07, 6.45) is 1.61. The minimum atomic E-state index is -1.01. The highest BCUT2D eigenvalue weighted by Gasteiger charge is 2.10. The molecule has 2 aromatic rings. The fourth-order valence-corrected chi connectivity index (χ4v) is 1.54. The minimum absolute atomic E-state index is 0.143. The Balaban J connectivity index is 2.39. The fourth-order valence-electron chi connectivity index (χ4n) is 1.54. The molecular weight excluding hydrogens is 222 g/mol. The van der Waals surface area contributed by atoms with Gasteiger partial charge in [0, 0.05) is 13.1 Å². The van der Waals surface area contributed by atoms with Gasteiger partial charge in [-0.15, -0.1) is 0 Å². The van der Waals surface area contributed by atoms with E-state index in [1.54, 1.807) is 18.3 Å². The van der Waals surface area contributed by atoms with Crippen molar-refractivity contribution in [2.75, 3.05) is 0 Å². The predicted octanol–water partition coefficient (Wildman–Crippen LogP) is 0.669. The smallest absolute Gasteiger partial charge is 0.352 e. The first-order valence-corrected chi connectivity index (χ1v) is 5.02. The van der Waals surface area contributed by atoms with Crippen LogP contribution in [0.5, 0.6) is 0 Å². The Bertz CT molecular complexity index is 589. The molecule has 0 aliphatic heterocycles. The van der Waals surface area contributed by atoms with E-state index in [1.165, 1.54) is 17.4 Å². The summed E-state index contributed by atoms with van der Waals surface area (Å²) in [5, 5.41) is 11.6. The van der Waals surface area contributed by atoms with E-state index in [-0.39, 0.29) is 18.1 Å². The van der Waals surface area contributed by atoms with Crippen LogP contribution in [0.3, 0.4) is 0 Å². The molecule has 2 aromatic heterocycles. The number of carboxylic acid groups (broad SMARTS) is 1. The van der Waals surface area contributed by atoms with Crippen LogP contribution in [-0.4, -0.2) is 26.4 Å². The summed E-state index contributed by atoms with van der Waals surface area (Å²) in [6, 6.07) is 4.84. The zero-order valence-corrected chi connectivity index (χ0v) is 9.17. The van der Waals surface area contributed by atoms with E-state index in [4.69, 9.17) is 5.11 Å². The standard InChI is InChI=1S/C11H11N3O3/c1-7(15)12-5-8-6-14-9(11(16)17)3-2-4-10(14)13-8/h2-4,6H,5H2,1H3,(H,12,15)(H,16,17). The quantitative estimate of drug-likeness (QED) is 0.816. The minimum Gasteiger partial charge on any atom is -0.477 e. The Kier molecular flexibility index (Phi) is 2.78. The van der Waals surface area contributed by atoms with Gasteiger partial charge in [0.05, 0.1) is 12.2 Å². The molecule has 0 radical (unpaired) electrons. The van der Waals surface area contributed by atoms with Gasteiger partial charge in [-0.25, -0.2) is 9.78 Å². The van der Waals surface area contributed by atoms with Crippen LogP contribution in [0.25, 0.3) is 5.65 Å². The maximum atomic E-state index is 11.0. The Morgan fingerprint density at radius 3 is 2.88 bits per heavy atom. The molecule has 88 valence electrons. The lowest BCUT2D eigenvalue weighted by Crippen LogP contribution is -2.19. The van der Waals surface area contributed by atoms with Crippen LogP contribution >= 0.6 is 0 Å². The Morgan fingerprint density at radius 1 is 1.47 bits per heavy atom. The monoisotopic (exact) mass is 233 g/mol. The van der Waals surface area contributed by atoms with Crippen LogP contribution in [0.2, 0.25) is 0 Å². The van der Waals surface area contributed by atoms with Gasteiger partial charge in [0.1, 0.15) is 11.3 Å². The summed E-state index contributed by atoms with van der Waals surface area (Å²) in [5.41, 5.74) is 1.31.